The van der Waals surface area contributed by atoms with Crippen molar-refractivity contribution in [2.75, 3.05) is 13.2 Å². The number of carbonyl (C=O) groups excluding carboxylic acids is 3. The highest BCUT2D eigenvalue weighted by Crippen LogP contribution is 2.10. The molecule has 362 valence electrons. The molecule has 0 radical (unpaired) electrons. The van der Waals surface area contributed by atoms with Crippen LogP contribution in [0.3, 0.4) is 0 Å². The smallest absolute Gasteiger partial charge is 0.306 e. The minimum absolute atomic E-state index is 0.155. The fourth-order valence-corrected chi connectivity index (χ4v) is 6.13. The molecule has 0 N–H and O–H groups in total. The number of carbonyl (C=O) groups is 3. The van der Waals surface area contributed by atoms with E-state index < -0.39 is 12.1 Å². The van der Waals surface area contributed by atoms with Crippen molar-refractivity contribution in [1.29, 1.82) is 0 Å². The lowest BCUT2D eigenvalue weighted by atomic mass is 10.1. The van der Waals surface area contributed by atoms with E-state index in [0.717, 1.165) is 57.8 Å². The summed E-state index contributed by atoms with van der Waals surface area (Å²) < 4.78 is 16.6. The molecule has 0 fully saturated rings. The van der Waals surface area contributed by atoms with Crippen molar-refractivity contribution in [3.05, 3.63) is 146 Å². The van der Waals surface area contributed by atoms with Crippen molar-refractivity contribution >= 4 is 17.9 Å². The monoisotopic (exact) mass is 895 g/mol. The third-order valence-electron chi connectivity index (χ3n) is 9.93. The zero-order chi connectivity index (χ0) is 47.2. The fourth-order valence-electron chi connectivity index (χ4n) is 6.13. The number of hydrogen-bond acceptors (Lipinski definition) is 6. The van der Waals surface area contributed by atoms with E-state index >= 15 is 0 Å². The second-order valence-electron chi connectivity index (χ2n) is 16.1. The van der Waals surface area contributed by atoms with Gasteiger partial charge in [0.05, 0.1) is 0 Å². The van der Waals surface area contributed by atoms with Crippen molar-refractivity contribution in [2.24, 2.45) is 0 Å². The topological polar surface area (TPSA) is 78.9 Å². The summed E-state index contributed by atoms with van der Waals surface area (Å²) in [5.74, 6) is -1.15. The average Bonchev–Trinajstić information content (AvgIpc) is 3.30. The molecule has 0 aromatic rings. The molecule has 0 heterocycles. The molecule has 6 heteroatoms. The predicted molar refractivity (Wildman–Crippen MR) is 279 cm³/mol. The first kappa shape index (κ1) is 60.3. The summed E-state index contributed by atoms with van der Waals surface area (Å²) in [4.78, 5) is 37.9. The molecule has 0 aliphatic carbocycles. The third-order valence-corrected chi connectivity index (χ3v) is 9.93. The van der Waals surface area contributed by atoms with Crippen LogP contribution >= 0.6 is 0 Å². The van der Waals surface area contributed by atoms with Crippen LogP contribution in [0.15, 0.2) is 146 Å². The Kier molecular flexibility index (Phi) is 48.2. The molecule has 6 nitrogen and oxygen atoms in total. The zero-order valence-corrected chi connectivity index (χ0v) is 41.2. The maximum absolute atomic E-state index is 12.8. The van der Waals surface area contributed by atoms with Gasteiger partial charge in [-0.3, -0.25) is 14.4 Å². The molecule has 0 aromatic heterocycles. The number of unbranched alkanes of at least 4 members (excludes halogenated alkanes) is 12. The van der Waals surface area contributed by atoms with Crippen LogP contribution in [0.4, 0.5) is 0 Å². The standard InChI is InChI=1S/C59H90O6/c1-4-7-10-13-16-19-22-25-27-29-31-34-37-40-43-46-49-52-58(61)64-55-56(54-63-57(60)51-48-45-42-39-36-33-24-21-18-15-12-9-6-3)65-59(62)53-50-47-44-41-38-35-32-30-28-26-23-20-17-14-11-8-5-2/h9,12,15-16,18-19,21,24-28,31-36,39-44,56H,4-8,10-11,13-14,17,20,22-23,29-30,37-38,45-55H2,1-3H3/b12-9-,18-15-,19-16-,24-21-,27-25-,28-26-,34-31-,35-32-,36-33-,42-39-,43-40-,44-41-. The number of hydrogen-bond donors (Lipinski definition) is 0. The van der Waals surface area contributed by atoms with E-state index in [1.165, 1.54) is 70.6 Å². The van der Waals surface area contributed by atoms with Gasteiger partial charge in [-0.1, -0.05) is 212 Å². The Morgan fingerprint density at radius 1 is 0.338 bits per heavy atom. The van der Waals surface area contributed by atoms with Gasteiger partial charge in [0.1, 0.15) is 13.2 Å². The maximum Gasteiger partial charge on any atom is 0.306 e. The van der Waals surface area contributed by atoms with Crippen molar-refractivity contribution in [3.63, 3.8) is 0 Å². The molecule has 0 saturated heterocycles. The minimum Gasteiger partial charge on any atom is -0.462 e. The lowest BCUT2D eigenvalue weighted by Gasteiger charge is -2.18. The summed E-state index contributed by atoms with van der Waals surface area (Å²) in [7, 11) is 0. The second-order valence-corrected chi connectivity index (χ2v) is 16.1. The van der Waals surface area contributed by atoms with E-state index in [-0.39, 0.29) is 44.4 Å². The summed E-state index contributed by atoms with van der Waals surface area (Å²) in [5.41, 5.74) is 0. The predicted octanol–water partition coefficient (Wildman–Crippen LogP) is 16.9. The van der Waals surface area contributed by atoms with Crippen LogP contribution in [0.25, 0.3) is 0 Å². The van der Waals surface area contributed by atoms with Crippen LogP contribution in [-0.2, 0) is 28.6 Å². The van der Waals surface area contributed by atoms with Gasteiger partial charge in [-0.15, -0.1) is 0 Å². The van der Waals surface area contributed by atoms with E-state index in [1.54, 1.807) is 0 Å². The van der Waals surface area contributed by atoms with Crippen LogP contribution in [0.2, 0.25) is 0 Å². The average molecular weight is 895 g/mol. The summed E-state index contributed by atoms with van der Waals surface area (Å²) in [6, 6.07) is 0. The Morgan fingerprint density at radius 2 is 0.662 bits per heavy atom. The third kappa shape index (κ3) is 50.2. The van der Waals surface area contributed by atoms with Gasteiger partial charge in [-0.05, 0) is 103 Å². The normalized spacial score (nSPS) is 13.3. The largest absolute Gasteiger partial charge is 0.462 e. The summed E-state index contributed by atoms with van der Waals surface area (Å²) in [6.45, 7) is 6.27. The van der Waals surface area contributed by atoms with E-state index in [9.17, 15) is 14.4 Å². The van der Waals surface area contributed by atoms with Crippen molar-refractivity contribution in [2.45, 2.75) is 194 Å². The highest BCUT2D eigenvalue weighted by molar-refractivity contribution is 5.71. The summed E-state index contributed by atoms with van der Waals surface area (Å²) in [5, 5.41) is 0. The number of allylic oxidation sites excluding steroid dienone is 24. The van der Waals surface area contributed by atoms with Gasteiger partial charge < -0.3 is 14.2 Å². The second kappa shape index (κ2) is 51.9. The van der Waals surface area contributed by atoms with Crippen molar-refractivity contribution in [3.8, 4) is 0 Å². The molecule has 0 spiro atoms. The Bertz CT molecular complexity index is 1490. The Balaban J connectivity index is 4.68. The minimum atomic E-state index is -0.861. The van der Waals surface area contributed by atoms with E-state index in [0.29, 0.717) is 19.3 Å². The quantitative estimate of drug-likeness (QED) is 0.0199. The Morgan fingerprint density at radius 3 is 1.11 bits per heavy atom. The molecule has 1 unspecified atom stereocenters. The van der Waals surface area contributed by atoms with Crippen LogP contribution < -0.4 is 0 Å². The van der Waals surface area contributed by atoms with Gasteiger partial charge in [-0.2, -0.15) is 0 Å². The van der Waals surface area contributed by atoms with E-state index in [2.05, 4.69) is 112 Å². The van der Waals surface area contributed by atoms with E-state index in [1.807, 2.05) is 54.7 Å². The SMILES string of the molecule is CC\C=C/C=C\C=C/C=C\C=C/CCCC(=O)OCC(COC(=O)CCC/C=C\C/C=C\C/C=C\C/C=C\CCCCC)OC(=O)CCC/C=C\C/C=C\C/C=C\CCCCCCCC. The molecule has 0 aromatic carbocycles. The molecule has 0 aliphatic rings. The summed E-state index contributed by atoms with van der Waals surface area (Å²) >= 11 is 0. The zero-order valence-electron chi connectivity index (χ0n) is 41.2. The van der Waals surface area contributed by atoms with Crippen LogP contribution in [0.5, 0.6) is 0 Å². The first-order valence-electron chi connectivity index (χ1n) is 25.4. The highest BCUT2D eigenvalue weighted by atomic mass is 16.6. The van der Waals surface area contributed by atoms with Crippen LogP contribution in [-0.4, -0.2) is 37.2 Å². The van der Waals surface area contributed by atoms with Crippen molar-refractivity contribution < 1.29 is 28.6 Å². The maximum atomic E-state index is 12.8. The van der Waals surface area contributed by atoms with Gasteiger partial charge >= 0.3 is 17.9 Å². The molecular formula is C59H90O6. The lowest BCUT2D eigenvalue weighted by Crippen LogP contribution is -2.30. The summed E-state index contributed by atoms with van der Waals surface area (Å²) in [6.07, 6.45) is 74.2. The fraction of sp³-hybridized carbons (Fsp3) is 0.542. The number of rotatable bonds is 43. The number of esters is 3. The van der Waals surface area contributed by atoms with E-state index in [4.69, 9.17) is 14.2 Å². The molecule has 0 bridgehead atoms. The van der Waals surface area contributed by atoms with Gasteiger partial charge in [0.2, 0.25) is 0 Å². The van der Waals surface area contributed by atoms with Crippen molar-refractivity contribution in [1.82, 2.24) is 0 Å². The van der Waals surface area contributed by atoms with Gasteiger partial charge in [-0.25, -0.2) is 0 Å². The Hall–Kier alpha value is -4.71. The first-order chi connectivity index (χ1) is 32.0. The highest BCUT2D eigenvalue weighted by Gasteiger charge is 2.19. The number of ether oxygens (including phenoxy) is 3. The van der Waals surface area contributed by atoms with Crippen LogP contribution in [0, 0.1) is 0 Å². The molecule has 0 saturated carbocycles. The molecule has 0 aliphatic heterocycles. The molecular weight excluding hydrogens is 805 g/mol. The van der Waals surface area contributed by atoms with Gasteiger partial charge in [0.15, 0.2) is 6.10 Å². The van der Waals surface area contributed by atoms with Gasteiger partial charge in [0, 0.05) is 19.3 Å². The lowest BCUT2D eigenvalue weighted by molar-refractivity contribution is -0.166. The van der Waals surface area contributed by atoms with Gasteiger partial charge in [0.25, 0.3) is 0 Å². The van der Waals surface area contributed by atoms with Crippen LogP contribution in [0.1, 0.15) is 188 Å². The molecule has 1 atom stereocenters. The molecule has 0 amide bonds. The molecule has 0 rings (SSSR count). The first-order valence-corrected chi connectivity index (χ1v) is 25.4. The molecule has 65 heavy (non-hydrogen) atoms. The Labute approximate surface area is 397 Å².